The number of nitrogens with zero attached hydrogens (tertiary/aromatic N) is 1. The van der Waals surface area contributed by atoms with E-state index in [0.29, 0.717) is 11.3 Å². The molecule has 0 saturated carbocycles. The zero-order valence-corrected chi connectivity index (χ0v) is 7.50. The Morgan fingerprint density at radius 2 is 2.00 bits per heavy atom. The number of hydrogen-bond donors (Lipinski definition) is 2. The SMILES string of the molecule is Cc1cc(C)c([N+](=O)[O-])cc1NN. The molecule has 1 aromatic carbocycles. The number of anilines is 1. The van der Waals surface area contributed by atoms with Crippen LogP contribution in [0.5, 0.6) is 0 Å². The molecule has 70 valence electrons. The summed E-state index contributed by atoms with van der Waals surface area (Å²) in [5.74, 6) is 5.20. The number of rotatable bonds is 2. The highest BCUT2D eigenvalue weighted by atomic mass is 16.6. The fourth-order valence-electron chi connectivity index (χ4n) is 1.19. The number of nitrogens with one attached hydrogen (secondary N) is 1. The maximum absolute atomic E-state index is 10.5. The van der Waals surface area contributed by atoms with Gasteiger partial charge < -0.3 is 5.43 Å². The Kier molecular flexibility index (Phi) is 2.48. The van der Waals surface area contributed by atoms with Crippen molar-refractivity contribution < 1.29 is 4.92 Å². The van der Waals surface area contributed by atoms with Crippen LogP contribution in [0, 0.1) is 24.0 Å². The second-order valence-electron chi connectivity index (χ2n) is 2.86. The highest BCUT2D eigenvalue weighted by Crippen LogP contribution is 2.25. The number of benzene rings is 1. The van der Waals surface area contributed by atoms with Gasteiger partial charge in [-0.25, -0.2) is 0 Å². The van der Waals surface area contributed by atoms with E-state index in [1.807, 2.05) is 6.92 Å². The smallest absolute Gasteiger partial charge is 0.274 e. The van der Waals surface area contributed by atoms with Gasteiger partial charge in [0.2, 0.25) is 0 Å². The zero-order chi connectivity index (χ0) is 10.0. The number of aryl methyl sites for hydroxylation is 2. The minimum Gasteiger partial charge on any atom is -0.324 e. The molecule has 0 saturated heterocycles. The van der Waals surface area contributed by atoms with Crippen LogP contribution in [0.15, 0.2) is 12.1 Å². The van der Waals surface area contributed by atoms with Gasteiger partial charge in [-0.1, -0.05) is 0 Å². The van der Waals surface area contributed by atoms with E-state index >= 15 is 0 Å². The van der Waals surface area contributed by atoms with Crippen molar-refractivity contribution in [3.8, 4) is 0 Å². The largest absolute Gasteiger partial charge is 0.324 e. The minimum atomic E-state index is -0.421. The molecule has 1 aromatic rings. The normalized spacial score (nSPS) is 9.77. The summed E-state index contributed by atoms with van der Waals surface area (Å²) >= 11 is 0. The molecule has 0 unspecified atom stereocenters. The van der Waals surface area contributed by atoms with Crippen molar-refractivity contribution in [1.82, 2.24) is 0 Å². The first-order valence-electron chi connectivity index (χ1n) is 3.78. The highest BCUT2D eigenvalue weighted by molar-refractivity contribution is 5.59. The van der Waals surface area contributed by atoms with E-state index < -0.39 is 4.92 Å². The molecule has 0 heterocycles. The Labute approximate surface area is 75.7 Å². The number of hydrazine groups is 1. The maximum atomic E-state index is 10.5. The summed E-state index contributed by atoms with van der Waals surface area (Å²) in [5, 5.41) is 10.5. The topological polar surface area (TPSA) is 81.2 Å². The standard InChI is InChI=1S/C8H11N3O2/c1-5-3-6(2)8(11(12)13)4-7(5)10-9/h3-4,10H,9H2,1-2H3. The van der Waals surface area contributed by atoms with E-state index in [1.54, 1.807) is 13.0 Å². The van der Waals surface area contributed by atoms with Gasteiger partial charge in [0.05, 0.1) is 10.6 Å². The molecule has 3 N–H and O–H groups in total. The predicted octanol–water partition coefficient (Wildman–Crippen LogP) is 1.50. The van der Waals surface area contributed by atoms with Gasteiger partial charge in [0.1, 0.15) is 0 Å². The number of nitrogen functional groups attached to an aromatic ring is 1. The summed E-state index contributed by atoms with van der Waals surface area (Å²) in [7, 11) is 0. The van der Waals surface area contributed by atoms with Gasteiger partial charge in [-0.3, -0.25) is 16.0 Å². The molecule has 0 radical (unpaired) electrons. The summed E-state index contributed by atoms with van der Waals surface area (Å²) in [6, 6.07) is 3.16. The Balaban J connectivity index is 3.30. The summed E-state index contributed by atoms with van der Waals surface area (Å²) < 4.78 is 0. The van der Waals surface area contributed by atoms with Crippen molar-refractivity contribution in [2.24, 2.45) is 5.84 Å². The van der Waals surface area contributed by atoms with Crippen LogP contribution in [0.25, 0.3) is 0 Å². The Bertz CT molecular complexity index is 349. The van der Waals surface area contributed by atoms with Crippen LogP contribution in [0.2, 0.25) is 0 Å². The third kappa shape index (κ3) is 1.75. The Morgan fingerprint density at radius 3 is 2.46 bits per heavy atom. The van der Waals surface area contributed by atoms with Gasteiger partial charge in [0.25, 0.3) is 5.69 Å². The van der Waals surface area contributed by atoms with Crippen molar-refractivity contribution in [2.75, 3.05) is 5.43 Å². The molecular weight excluding hydrogens is 170 g/mol. The Hall–Kier alpha value is -1.62. The van der Waals surface area contributed by atoms with Crippen LogP contribution < -0.4 is 11.3 Å². The molecular formula is C8H11N3O2. The average molecular weight is 181 g/mol. The van der Waals surface area contributed by atoms with Crippen molar-refractivity contribution in [3.63, 3.8) is 0 Å². The fraction of sp³-hybridized carbons (Fsp3) is 0.250. The average Bonchev–Trinajstić information content (AvgIpc) is 2.03. The summed E-state index contributed by atoms with van der Waals surface area (Å²) in [5.41, 5.74) is 4.61. The first-order valence-corrected chi connectivity index (χ1v) is 3.78. The third-order valence-electron chi connectivity index (χ3n) is 1.90. The minimum absolute atomic E-state index is 0.0820. The van der Waals surface area contributed by atoms with E-state index in [9.17, 15) is 10.1 Å². The molecule has 0 amide bonds. The highest BCUT2D eigenvalue weighted by Gasteiger charge is 2.12. The van der Waals surface area contributed by atoms with E-state index in [0.717, 1.165) is 5.56 Å². The fourth-order valence-corrected chi connectivity index (χ4v) is 1.19. The van der Waals surface area contributed by atoms with E-state index in [4.69, 9.17) is 5.84 Å². The molecule has 5 heteroatoms. The van der Waals surface area contributed by atoms with Crippen molar-refractivity contribution in [1.29, 1.82) is 0 Å². The first-order chi connectivity index (χ1) is 6.06. The van der Waals surface area contributed by atoms with Crippen molar-refractivity contribution in [2.45, 2.75) is 13.8 Å². The number of nitro groups is 1. The predicted molar refractivity (Wildman–Crippen MR) is 50.4 cm³/mol. The van der Waals surface area contributed by atoms with E-state index in [2.05, 4.69) is 5.43 Å². The number of nitrogens with two attached hydrogens (primary N) is 1. The van der Waals surface area contributed by atoms with Crippen molar-refractivity contribution >= 4 is 11.4 Å². The molecule has 0 aromatic heterocycles. The van der Waals surface area contributed by atoms with Gasteiger partial charge >= 0.3 is 0 Å². The van der Waals surface area contributed by atoms with Crippen LogP contribution in [0.1, 0.15) is 11.1 Å². The lowest BCUT2D eigenvalue weighted by molar-refractivity contribution is -0.385. The van der Waals surface area contributed by atoms with Crippen LogP contribution in [0.4, 0.5) is 11.4 Å². The molecule has 0 aliphatic heterocycles. The lowest BCUT2D eigenvalue weighted by atomic mass is 10.1. The molecule has 13 heavy (non-hydrogen) atoms. The van der Waals surface area contributed by atoms with Gasteiger partial charge in [-0.15, -0.1) is 0 Å². The van der Waals surface area contributed by atoms with Crippen LogP contribution in [-0.2, 0) is 0 Å². The lowest BCUT2D eigenvalue weighted by Gasteiger charge is -2.05. The maximum Gasteiger partial charge on any atom is 0.274 e. The molecule has 0 aliphatic carbocycles. The van der Waals surface area contributed by atoms with Gasteiger partial charge in [-0.2, -0.15) is 0 Å². The lowest BCUT2D eigenvalue weighted by Crippen LogP contribution is -2.09. The first kappa shape index (κ1) is 9.47. The summed E-state index contributed by atoms with van der Waals surface area (Å²) in [6.07, 6.45) is 0. The molecule has 0 spiro atoms. The zero-order valence-electron chi connectivity index (χ0n) is 7.50. The monoisotopic (exact) mass is 181 g/mol. The molecule has 1 rings (SSSR count). The van der Waals surface area contributed by atoms with Gasteiger partial charge in [-0.05, 0) is 25.5 Å². The van der Waals surface area contributed by atoms with Crippen molar-refractivity contribution in [3.05, 3.63) is 33.4 Å². The summed E-state index contributed by atoms with van der Waals surface area (Å²) in [6.45, 7) is 3.54. The second-order valence-corrected chi connectivity index (χ2v) is 2.86. The van der Waals surface area contributed by atoms with Crippen LogP contribution >= 0.6 is 0 Å². The van der Waals surface area contributed by atoms with Crippen LogP contribution in [-0.4, -0.2) is 4.92 Å². The molecule has 0 atom stereocenters. The molecule has 0 fully saturated rings. The molecule has 5 nitrogen and oxygen atoms in total. The van der Waals surface area contributed by atoms with Gasteiger partial charge in [0.15, 0.2) is 0 Å². The second kappa shape index (κ2) is 3.40. The number of hydrogen-bond acceptors (Lipinski definition) is 4. The summed E-state index contributed by atoms with van der Waals surface area (Å²) in [4.78, 5) is 10.1. The third-order valence-corrected chi connectivity index (χ3v) is 1.90. The van der Waals surface area contributed by atoms with Gasteiger partial charge in [0, 0.05) is 11.6 Å². The number of nitro benzene ring substituents is 1. The quantitative estimate of drug-likeness (QED) is 0.411. The molecule has 0 aliphatic rings. The Morgan fingerprint density at radius 1 is 1.38 bits per heavy atom. The van der Waals surface area contributed by atoms with E-state index in [1.165, 1.54) is 6.07 Å². The van der Waals surface area contributed by atoms with E-state index in [-0.39, 0.29) is 5.69 Å². The van der Waals surface area contributed by atoms with Crippen LogP contribution in [0.3, 0.4) is 0 Å². The molecule has 0 bridgehead atoms.